The number of benzene rings is 9. The second kappa shape index (κ2) is 13.2. The third kappa shape index (κ3) is 4.93. The molecular formula is C57H40N4. The van der Waals surface area contributed by atoms with Gasteiger partial charge in [0, 0.05) is 27.3 Å². The average Bonchev–Trinajstić information content (AvgIpc) is 4.12. The zero-order chi connectivity index (χ0) is 40.1. The predicted octanol–water partition coefficient (Wildman–Crippen LogP) is 14.5. The Balaban J connectivity index is 1.20. The van der Waals surface area contributed by atoms with Crippen molar-refractivity contribution in [3.05, 3.63) is 205 Å². The molecule has 4 heteroatoms. The summed E-state index contributed by atoms with van der Waals surface area (Å²) < 4.78 is 4.77. The van der Waals surface area contributed by atoms with E-state index in [1.54, 1.807) is 0 Å². The van der Waals surface area contributed by atoms with Gasteiger partial charge in [0.15, 0.2) is 0 Å². The Morgan fingerprint density at radius 1 is 0.393 bits per heavy atom. The first-order chi connectivity index (χ1) is 30.3. The highest BCUT2D eigenvalue weighted by atomic mass is 15.1. The van der Waals surface area contributed by atoms with Crippen LogP contribution >= 0.6 is 0 Å². The van der Waals surface area contributed by atoms with Crippen molar-refractivity contribution in [2.24, 2.45) is 0 Å². The Bertz CT molecular complexity index is 3360. The standard InChI is InChI=1S/C57H40N4/c1-3-18-37(19-4-1)55-58-47-28-9-11-30-51(47)60(55)49-32-16-23-40-44(49)36-45-41(24-17-33-50(45)61-52-31-12-10-29-48(52)59-56(61)38-20-5-2-6-21-38)53(40)43-26-15-25-42-39-22-7-8-27-46(39)57(54(42)43)34-13-14-35-57/h1-12,15-33,36H,13-14,34-35H2. The molecule has 4 nitrogen and oxygen atoms in total. The lowest BCUT2D eigenvalue weighted by molar-refractivity contribution is 0.551. The monoisotopic (exact) mass is 780 g/mol. The van der Waals surface area contributed by atoms with Crippen molar-refractivity contribution < 1.29 is 0 Å². The van der Waals surface area contributed by atoms with Crippen LogP contribution in [0.4, 0.5) is 0 Å². The maximum absolute atomic E-state index is 5.32. The normalized spacial score (nSPS) is 14.1. The van der Waals surface area contributed by atoms with Crippen molar-refractivity contribution in [1.29, 1.82) is 0 Å². The van der Waals surface area contributed by atoms with Crippen molar-refractivity contribution in [1.82, 2.24) is 19.1 Å². The topological polar surface area (TPSA) is 35.6 Å². The summed E-state index contributed by atoms with van der Waals surface area (Å²) in [5.74, 6) is 1.86. The Kier molecular flexibility index (Phi) is 7.44. The van der Waals surface area contributed by atoms with Gasteiger partial charge in [-0.1, -0.05) is 165 Å². The SMILES string of the molecule is c1ccc(-c2nc3ccccc3n2-c2cccc3c(-c4cccc5c4C4(CCCC4)c4ccccc4-5)c4cccc(-n5c(-c6ccccc6)nc6ccccc65)c4cc23)cc1. The van der Waals surface area contributed by atoms with Gasteiger partial charge in [-0.25, -0.2) is 9.97 Å². The zero-order valence-corrected chi connectivity index (χ0v) is 33.6. The minimum absolute atomic E-state index is 0.0196. The van der Waals surface area contributed by atoms with E-state index in [-0.39, 0.29) is 5.41 Å². The van der Waals surface area contributed by atoms with Crippen molar-refractivity contribution in [3.8, 4) is 56.4 Å². The van der Waals surface area contributed by atoms with Crippen LogP contribution < -0.4 is 0 Å². The molecule has 9 aromatic carbocycles. The molecule has 2 aromatic heterocycles. The number of imidazole rings is 2. The summed E-state index contributed by atoms with van der Waals surface area (Å²) >= 11 is 0. The van der Waals surface area contributed by atoms with E-state index in [0.29, 0.717) is 0 Å². The average molecular weight is 781 g/mol. The third-order valence-electron chi connectivity index (χ3n) is 13.7. The van der Waals surface area contributed by atoms with Gasteiger partial charge in [0.2, 0.25) is 0 Å². The molecule has 13 rings (SSSR count). The maximum Gasteiger partial charge on any atom is 0.145 e. The molecule has 2 aliphatic carbocycles. The summed E-state index contributed by atoms with van der Waals surface area (Å²) in [5.41, 5.74) is 16.8. The smallest absolute Gasteiger partial charge is 0.145 e. The minimum atomic E-state index is -0.0196. The van der Waals surface area contributed by atoms with E-state index in [2.05, 4.69) is 203 Å². The van der Waals surface area contributed by atoms with Gasteiger partial charge in [0.1, 0.15) is 11.6 Å². The molecule has 0 atom stereocenters. The van der Waals surface area contributed by atoms with Crippen LogP contribution in [0.25, 0.3) is 100 Å². The largest absolute Gasteiger partial charge is 0.292 e. The number of hydrogen-bond acceptors (Lipinski definition) is 2. The molecule has 0 bridgehead atoms. The van der Waals surface area contributed by atoms with Crippen molar-refractivity contribution >= 4 is 43.6 Å². The van der Waals surface area contributed by atoms with E-state index in [0.717, 1.165) is 69.1 Å². The van der Waals surface area contributed by atoms with Crippen LogP contribution in [0.5, 0.6) is 0 Å². The van der Waals surface area contributed by atoms with Crippen molar-refractivity contribution in [2.45, 2.75) is 31.1 Å². The van der Waals surface area contributed by atoms with E-state index >= 15 is 0 Å². The summed E-state index contributed by atoms with van der Waals surface area (Å²) in [7, 11) is 0. The highest BCUT2D eigenvalue weighted by Crippen LogP contribution is 2.60. The molecule has 0 radical (unpaired) electrons. The fourth-order valence-electron chi connectivity index (χ4n) is 11.2. The molecule has 0 aliphatic heterocycles. The lowest BCUT2D eigenvalue weighted by atomic mass is 9.73. The van der Waals surface area contributed by atoms with Crippen LogP contribution in [-0.4, -0.2) is 19.1 Å². The van der Waals surface area contributed by atoms with Crippen LogP contribution in [0.2, 0.25) is 0 Å². The first-order valence-electron chi connectivity index (χ1n) is 21.6. The first kappa shape index (κ1) is 34.3. The summed E-state index contributed by atoms with van der Waals surface area (Å²) in [6.07, 6.45) is 4.80. The van der Waals surface area contributed by atoms with Crippen molar-refractivity contribution in [3.63, 3.8) is 0 Å². The zero-order valence-electron chi connectivity index (χ0n) is 33.6. The summed E-state index contributed by atoms with van der Waals surface area (Å²) in [5, 5.41) is 4.82. The molecule has 0 amide bonds. The maximum atomic E-state index is 5.32. The van der Waals surface area contributed by atoms with Gasteiger partial charge in [-0.3, -0.25) is 9.13 Å². The van der Waals surface area contributed by atoms with Crippen LogP contribution in [0, 0.1) is 0 Å². The quantitative estimate of drug-likeness (QED) is 0.163. The van der Waals surface area contributed by atoms with Gasteiger partial charge in [0.25, 0.3) is 0 Å². The van der Waals surface area contributed by atoms with Gasteiger partial charge in [-0.2, -0.15) is 0 Å². The molecular weight excluding hydrogens is 741 g/mol. The number of aromatic nitrogens is 4. The third-order valence-corrected chi connectivity index (χ3v) is 13.7. The highest BCUT2D eigenvalue weighted by Gasteiger charge is 2.46. The summed E-state index contributed by atoms with van der Waals surface area (Å²) in [6.45, 7) is 0. The molecule has 2 heterocycles. The molecule has 11 aromatic rings. The Hall–Kier alpha value is -7.56. The van der Waals surface area contributed by atoms with Crippen LogP contribution in [0.15, 0.2) is 194 Å². The lowest BCUT2D eigenvalue weighted by Crippen LogP contribution is -2.21. The number of nitrogens with zero attached hydrogens (tertiary/aromatic N) is 4. The lowest BCUT2D eigenvalue weighted by Gasteiger charge is -2.30. The van der Waals surface area contributed by atoms with Gasteiger partial charge < -0.3 is 0 Å². The van der Waals surface area contributed by atoms with Crippen molar-refractivity contribution in [2.75, 3.05) is 0 Å². The molecule has 2 aliphatic rings. The van der Waals surface area contributed by atoms with Gasteiger partial charge in [0.05, 0.1) is 33.4 Å². The molecule has 1 spiro atoms. The Morgan fingerprint density at radius 3 is 1.46 bits per heavy atom. The fourth-order valence-corrected chi connectivity index (χ4v) is 11.2. The number of para-hydroxylation sites is 4. The van der Waals surface area contributed by atoms with E-state index in [4.69, 9.17) is 9.97 Å². The number of hydrogen-bond donors (Lipinski definition) is 0. The predicted molar refractivity (Wildman–Crippen MR) is 252 cm³/mol. The molecule has 1 fully saturated rings. The Labute approximate surface area is 354 Å². The van der Waals surface area contributed by atoms with E-state index in [1.165, 1.54) is 67.8 Å². The van der Waals surface area contributed by atoms with E-state index in [9.17, 15) is 0 Å². The molecule has 288 valence electrons. The van der Waals surface area contributed by atoms with E-state index < -0.39 is 0 Å². The summed E-state index contributed by atoms with van der Waals surface area (Å²) in [4.78, 5) is 10.6. The van der Waals surface area contributed by atoms with Crippen LogP contribution in [-0.2, 0) is 5.41 Å². The fraction of sp³-hybridized carbons (Fsp3) is 0.0877. The number of rotatable bonds is 5. The number of fused-ring (bicyclic) bond motifs is 9. The second-order valence-corrected chi connectivity index (χ2v) is 16.8. The molecule has 0 unspecified atom stereocenters. The van der Waals surface area contributed by atoms with Gasteiger partial charge >= 0.3 is 0 Å². The summed E-state index contributed by atoms with van der Waals surface area (Å²) in [6, 6.07) is 70.9. The van der Waals surface area contributed by atoms with Gasteiger partial charge in [-0.15, -0.1) is 0 Å². The highest BCUT2D eigenvalue weighted by molar-refractivity contribution is 6.18. The van der Waals surface area contributed by atoms with Crippen LogP contribution in [0.1, 0.15) is 36.8 Å². The first-order valence-corrected chi connectivity index (χ1v) is 21.6. The van der Waals surface area contributed by atoms with Crippen LogP contribution in [0.3, 0.4) is 0 Å². The molecule has 0 N–H and O–H groups in total. The Morgan fingerprint density at radius 2 is 0.869 bits per heavy atom. The van der Waals surface area contributed by atoms with Gasteiger partial charge in [-0.05, 0) is 99.5 Å². The van der Waals surface area contributed by atoms with E-state index in [1.807, 2.05) is 0 Å². The minimum Gasteiger partial charge on any atom is -0.292 e. The second-order valence-electron chi connectivity index (χ2n) is 16.8. The molecule has 1 saturated carbocycles. The molecule has 61 heavy (non-hydrogen) atoms. The molecule has 0 saturated heterocycles.